The van der Waals surface area contributed by atoms with Crippen molar-refractivity contribution in [2.75, 3.05) is 5.32 Å². The van der Waals surface area contributed by atoms with Crippen molar-refractivity contribution in [3.05, 3.63) is 71.6 Å². The van der Waals surface area contributed by atoms with E-state index >= 15 is 0 Å². The maximum absolute atomic E-state index is 5.07. The Hall–Kier alpha value is -3.21. The summed E-state index contributed by atoms with van der Waals surface area (Å²) in [6, 6.07) is 19.1. The summed E-state index contributed by atoms with van der Waals surface area (Å²) in [4.78, 5) is 9.06. The summed E-state index contributed by atoms with van der Waals surface area (Å²) >= 11 is 0. The topological polar surface area (TPSA) is 63.8 Å². The zero-order valence-corrected chi connectivity index (χ0v) is 14.4. The summed E-state index contributed by atoms with van der Waals surface area (Å²) in [6.07, 6.45) is 2.23. The fourth-order valence-corrected chi connectivity index (χ4v) is 3.65. The van der Waals surface area contributed by atoms with Crippen LogP contribution < -0.4 is 5.32 Å². The van der Waals surface area contributed by atoms with Crippen LogP contribution in [0.15, 0.2) is 59.1 Å². The molecule has 0 saturated heterocycles. The molecule has 1 N–H and O–H groups in total. The van der Waals surface area contributed by atoms with E-state index in [2.05, 4.69) is 45.8 Å². The molecule has 1 atom stereocenters. The van der Waals surface area contributed by atoms with E-state index in [0.717, 1.165) is 35.1 Å². The van der Waals surface area contributed by atoms with Crippen LogP contribution >= 0.6 is 0 Å². The summed E-state index contributed by atoms with van der Waals surface area (Å²) in [5.74, 6) is 2.08. The van der Waals surface area contributed by atoms with Crippen LogP contribution in [0.25, 0.3) is 22.3 Å². The van der Waals surface area contributed by atoms with E-state index in [9.17, 15) is 0 Å². The van der Waals surface area contributed by atoms with Gasteiger partial charge in [-0.15, -0.1) is 0 Å². The number of pyridine rings is 1. The number of rotatable bonds is 3. The smallest absolute Gasteiger partial charge is 0.223 e. The predicted octanol–water partition coefficient (Wildman–Crippen LogP) is 4.69. The second kappa shape index (κ2) is 5.95. The van der Waals surface area contributed by atoms with E-state index < -0.39 is 0 Å². The first kappa shape index (κ1) is 15.1. The molecule has 0 aliphatic heterocycles. The van der Waals surface area contributed by atoms with E-state index in [1.807, 2.05) is 24.3 Å². The minimum Gasteiger partial charge on any atom is -0.363 e. The quantitative estimate of drug-likeness (QED) is 0.585. The second-order valence-electron chi connectivity index (χ2n) is 6.68. The molecule has 2 aromatic heterocycles. The molecule has 26 heavy (non-hydrogen) atoms. The van der Waals surface area contributed by atoms with Crippen LogP contribution in [-0.2, 0) is 6.42 Å². The molecule has 0 bridgehead atoms. The van der Waals surface area contributed by atoms with Crippen LogP contribution in [0.4, 0.5) is 5.82 Å². The zero-order valence-electron chi connectivity index (χ0n) is 14.4. The Kier molecular flexibility index (Phi) is 3.45. The molecule has 0 amide bonds. The molecule has 2 aromatic carbocycles. The first-order chi connectivity index (χ1) is 12.8. The highest BCUT2D eigenvalue weighted by molar-refractivity contribution is 5.84. The molecule has 0 radical (unpaired) electrons. The fourth-order valence-electron chi connectivity index (χ4n) is 3.65. The number of aromatic nitrogens is 3. The summed E-state index contributed by atoms with van der Waals surface area (Å²) in [5.41, 5.74) is 4.70. The van der Waals surface area contributed by atoms with E-state index in [-0.39, 0.29) is 0 Å². The second-order valence-corrected chi connectivity index (χ2v) is 6.68. The highest BCUT2D eigenvalue weighted by Crippen LogP contribution is 2.33. The lowest BCUT2D eigenvalue weighted by molar-refractivity contribution is 0.394. The van der Waals surface area contributed by atoms with Crippen molar-refractivity contribution in [2.45, 2.75) is 25.8 Å². The monoisotopic (exact) mass is 342 g/mol. The predicted molar refractivity (Wildman–Crippen MR) is 101 cm³/mol. The van der Waals surface area contributed by atoms with Crippen LogP contribution in [0.2, 0.25) is 0 Å². The normalized spacial score (nSPS) is 16.0. The lowest BCUT2D eigenvalue weighted by atomic mass is 10.1. The summed E-state index contributed by atoms with van der Waals surface area (Å²) in [7, 11) is 0. The maximum Gasteiger partial charge on any atom is 0.223 e. The molecule has 1 aliphatic rings. The number of fused-ring (bicyclic) bond motifs is 2. The lowest BCUT2D eigenvalue weighted by Crippen LogP contribution is -2.08. The molecule has 0 saturated carbocycles. The Morgan fingerprint density at radius 2 is 1.96 bits per heavy atom. The van der Waals surface area contributed by atoms with Gasteiger partial charge < -0.3 is 9.84 Å². The minimum absolute atomic E-state index is 0.331. The Morgan fingerprint density at radius 3 is 2.85 bits per heavy atom. The molecule has 128 valence electrons. The van der Waals surface area contributed by atoms with Gasteiger partial charge in [0.25, 0.3) is 0 Å². The molecule has 5 heteroatoms. The largest absolute Gasteiger partial charge is 0.363 e. The number of anilines is 1. The number of hydrogen-bond donors (Lipinski definition) is 1. The van der Waals surface area contributed by atoms with Gasteiger partial charge in [-0.3, -0.25) is 0 Å². The van der Waals surface area contributed by atoms with Gasteiger partial charge in [0.05, 0.1) is 11.6 Å². The van der Waals surface area contributed by atoms with Crippen molar-refractivity contribution in [3.8, 4) is 11.4 Å². The maximum atomic E-state index is 5.07. The van der Waals surface area contributed by atoms with Gasteiger partial charge >= 0.3 is 0 Å². The number of nitrogens with one attached hydrogen (secondary N) is 1. The van der Waals surface area contributed by atoms with E-state index in [1.165, 1.54) is 11.1 Å². The van der Waals surface area contributed by atoms with Crippen LogP contribution in [0.3, 0.4) is 0 Å². The van der Waals surface area contributed by atoms with Gasteiger partial charge in [0.15, 0.2) is 0 Å². The molecular weight excluding hydrogens is 324 g/mol. The molecule has 1 aliphatic carbocycles. The van der Waals surface area contributed by atoms with Crippen molar-refractivity contribution in [3.63, 3.8) is 0 Å². The van der Waals surface area contributed by atoms with E-state index in [0.29, 0.717) is 17.8 Å². The van der Waals surface area contributed by atoms with Crippen molar-refractivity contribution in [2.24, 2.45) is 0 Å². The molecule has 0 fully saturated rings. The third kappa shape index (κ3) is 2.62. The van der Waals surface area contributed by atoms with Gasteiger partial charge in [0.1, 0.15) is 5.82 Å². The highest BCUT2D eigenvalue weighted by atomic mass is 16.5. The van der Waals surface area contributed by atoms with Crippen molar-refractivity contribution in [1.29, 1.82) is 0 Å². The standard InChI is InChI=1S/C21H18N4O/c1-13-22-21(25-26-13)16-7-9-18-15(12-16)8-11-20(23-18)24-19-10-6-14-4-2-3-5-17(14)19/h2-5,7-9,11-12,19H,6,10H2,1H3,(H,23,24)/t19-/m1/s1. The summed E-state index contributed by atoms with van der Waals surface area (Å²) in [5, 5.41) is 8.63. The Labute approximate surface area is 151 Å². The van der Waals surface area contributed by atoms with Crippen LogP contribution in [0, 0.1) is 6.92 Å². The molecule has 0 spiro atoms. The van der Waals surface area contributed by atoms with E-state index in [1.54, 1.807) is 6.92 Å². The summed E-state index contributed by atoms with van der Waals surface area (Å²) < 4.78 is 5.07. The van der Waals surface area contributed by atoms with Gasteiger partial charge in [-0.1, -0.05) is 29.4 Å². The molecular formula is C21H18N4O. The number of hydrogen-bond acceptors (Lipinski definition) is 5. The van der Waals surface area contributed by atoms with E-state index in [4.69, 9.17) is 9.51 Å². The third-order valence-corrected chi connectivity index (χ3v) is 4.93. The first-order valence-electron chi connectivity index (χ1n) is 8.82. The SMILES string of the molecule is Cc1nc(-c2ccc3nc(N[C@@H]4CCc5ccccc54)ccc3c2)no1. The third-order valence-electron chi connectivity index (χ3n) is 4.93. The highest BCUT2D eigenvalue weighted by Gasteiger charge is 2.21. The Balaban J connectivity index is 1.44. The zero-order chi connectivity index (χ0) is 17.5. The van der Waals surface area contributed by atoms with Crippen LogP contribution in [-0.4, -0.2) is 15.1 Å². The van der Waals surface area contributed by atoms with Crippen molar-refractivity contribution < 1.29 is 4.52 Å². The Morgan fingerprint density at radius 1 is 1.04 bits per heavy atom. The molecule has 5 nitrogen and oxygen atoms in total. The molecule has 4 aromatic rings. The van der Waals surface area contributed by atoms with Gasteiger partial charge in [0.2, 0.25) is 11.7 Å². The van der Waals surface area contributed by atoms with Crippen LogP contribution in [0.5, 0.6) is 0 Å². The lowest BCUT2D eigenvalue weighted by Gasteiger charge is -2.15. The molecule has 5 rings (SSSR count). The number of aryl methyl sites for hydroxylation is 2. The van der Waals surface area contributed by atoms with Gasteiger partial charge in [-0.25, -0.2) is 4.98 Å². The minimum atomic E-state index is 0.331. The average molecular weight is 342 g/mol. The van der Waals surface area contributed by atoms with Gasteiger partial charge in [-0.05, 0) is 54.3 Å². The number of nitrogens with zero attached hydrogens (tertiary/aromatic N) is 3. The Bertz CT molecular complexity index is 1100. The van der Waals surface area contributed by atoms with Crippen molar-refractivity contribution in [1.82, 2.24) is 15.1 Å². The molecule has 2 heterocycles. The number of benzene rings is 2. The summed E-state index contributed by atoms with van der Waals surface area (Å²) in [6.45, 7) is 1.79. The average Bonchev–Trinajstić information content (AvgIpc) is 3.28. The fraction of sp³-hybridized carbons (Fsp3) is 0.190. The van der Waals surface area contributed by atoms with Gasteiger partial charge in [-0.2, -0.15) is 4.98 Å². The molecule has 0 unspecified atom stereocenters. The first-order valence-corrected chi connectivity index (χ1v) is 8.82. The van der Waals surface area contributed by atoms with Crippen molar-refractivity contribution >= 4 is 16.7 Å². The van der Waals surface area contributed by atoms with Crippen LogP contribution in [0.1, 0.15) is 29.5 Å². The van der Waals surface area contributed by atoms with Gasteiger partial charge in [0, 0.05) is 17.9 Å².